The molecule has 0 radical (unpaired) electrons. The van der Waals surface area contributed by atoms with Gasteiger partial charge in [0.25, 0.3) is 5.91 Å². The number of nitrogens with zero attached hydrogens (tertiary/aromatic N) is 1. The second kappa shape index (κ2) is 7.97. The molecular weight excluding hydrogens is 389 g/mol. The molecule has 0 saturated heterocycles. The van der Waals surface area contributed by atoms with Crippen LogP contribution in [-0.4, -0.2) is 35.2 Å². The van der Waals surface area contributed by atoms with E-state index in [0.717, 1.165) is 4.47 Å². The topological polar surface area (TPSA) is 49.8 Å². The van der Waals surface area contributed by atoms with Crippen molar-refractivity contribution in [1.82, 2.24) is 4.90 Å². The SMILES string of the molecule is COc1cc(C(=O)N(Cc2ccccc2F)CC(C)(C)O)ccc1Br. The summed E-state index contributed by atoms with van der Waals surface area (Å²) in [5.41, 5.74) is -0.315. The van der Waals surface area contributed by atoms with Crippen molar-refractivity contribution in [2.75, 3.05) is 13.7 Å². The number of hydrogen-bond donors (Lipinski definition) is 1. The van der Waals surface area contributed by atoms with Crippen molar-refractivity contribution in [3.63, 3.8) is 0 Å². The van der Waals surface area contributed by atoms with Gasteiger partial charge in [0.1, 0.15) is 11.6 Å². The van der Waals surface area contributed by atoms with Gasteiger partial charge in [-0.25, -0.2) is 4.39 Å². The van der Waals surface area contributed by atoms with Gasteiger partial charge in [0.15, 0.2) is 0 Å². The van der Waals surface area contributed by atoms with E-state index in [9.17, 15) is 14.3 Å². The lowest BCUT2D eigenvalue weighted by Crippen LogP contribution is -2.42. The van der Waals surface area contributed by atoms with Crippen LogP contribution in [0.1, 0.15) is 29.8 Å². The molecule has 0 aliphatic heterocycles. The summed E-state index contributed by atoms with van der Waals surface area (Å²) in [4.78, 5) is 14.4. The Balaban J connectivity index is 2.34. The maximum Gasteiger partial charge on any atom is 0.254 e. The Morgan fingerprint density at radius 3 is 2.56 bits per heavy atom. The normalized spacial score (nSPS) is 11.3. The largest absolute Gasteiger partial charge is 0.496 e. The van der Waals surface area contributed by atoms with Gasteiger partial charge in [0.05, 0.1) is 17.2 Å². The van der Waals surface area contributed by atoms with Crippen LogP contribution in [0.4, 0.5) is 4.39 Å². The number of benzene rings is 2. The highest BCUT2D eigenvalue weighted by atomic mass is 79.9. The summed E-state index contributed by atoms with van der Waals surface area (Å²) in [6.07, 6.45) is 0. The van der Waals surface area contributed by atoms with Crippen molar-refractivity contribution in [3.8, 4) is 5.75 Å². The number of methoxy groups -OCH3 is 1. The third-order valence-corrected chi connectivity index (χ3v) is 4.24. The molecule has 0 bridgehead atoms. The fourth-order valence-electron chi connectivity index (χ4n) is 2.47. The number of halogens is 2. The summed E-state index contributed by atoms with van der Waals surface area (Å²) in [6, 6.07) is 11.3. The monoisotopic (exact) mass is 409 g/mol. The minimum Gasteiger partial charge on any atom is -0.496 e. The Kier molecular flexibility index (Phi) is 6.19. The van der Waals surface area contributed by atoms with Crippen LogP contribution in [0.2, 0.25) is 0 Å². The van der Waals surface area contributed by atoms with Gasteiger partial charge in [-0.1, -0.05) is 18.2 Å². The third kappa shape index (κ3) is 5.28. The average molecular weight is 410 g/mol. The van der Waals surface area contributed by atoms with Crippen molar-refractivity contribution in [2.24, 2.45) is 0 Å². The Morgan fingerprint density at radius 1 is 1.28 bits per heavy atom. The summed E-state index contributed by atoms with van der Waals surface area (Å²) < 4.78 is 20.0. The van der Waals surface area contributed by atoms with Crippen molar-refractivity contribution in [2.45, 2.75) is 26.0 Å². The molecule has 1 amide bonds. The van der Waals surface area contributed by atoms with E-state index in [-0.39, 0.29) is 24.8 Å². The van der Waals surface area contributed by atoms with Crippen molar-refractivity contribution < 1.29 is 19.0 Å². The van der Waals surface area contributed by atoms with E-state index in [4.69, 9.17) is 4.74 Å². The molecule has 0 aliphatic carbocycles. The molecule has 0 aromatic heterocycles. The van der Waals surface area contributed by atoms with Gasteiger partial charge in [-0.05, 0) is 54.0 Å². The molecule has 25 heavy (non-hydrogen) atoms. The number of carbonyl (C=O) groups is 1. The molecular formula is C19H21BrFNO3. The second-order valence-electron chi connectivity index (χ2n) is 6.41. The second-order valence-corrected chi connectivity index (χ2v) is 7.27. The molecule has 0 spiro atoms. The van der Waals surface area contributed by atoms with Gasteiger partial charge in [0, 0.05) is 24.2 Å². The lowest BCUT2D eigenvalue weighted by molar-refractivity contribution is 0.0277. The van der Waals surface area contributed by atoms with Crippen LogP contribution in [0, 0.1) is 5.82 Å². The molecule has 0 aliphatic rings. The van der Waals surface area contributed by atoms with Crippen LogP contribution in [-0.2, 0) is 6.54 Å². The van der Waals surface area contributed by atoms with Gasteiger partial charge >= 0.3 is 0 Å². The quantitative estimate of drug-likeness (QED) is 0.783. The minimum absolute atomic E-state index is 0.0634. The van der Waals surface area contributed by atoms with E-state index < -0.39 is 5.60 Å². The lowest BCUT2D eigenvalue weighted by atomic mass is 10.1. The summed E-state index contributed by atoms with van der Waals surface area (Å²) in [7, 11) is 1.52. The highest BCUT2D eigenvalue weighted by Crippen LogP contribution is 2.27. The van der Waals surface area contributed by atoms with Gasteiger partial charge < -0.3 is 14.7 Å². The number of carbonyl (C=O) groups excluding carboxylic acids is 1. The van der Waals surface area contributed by atoms with Gasteiger partial charge in [-0.3, -0.25) is 4.79 Å². The predicted molar refractivity (Wildman–Crippen MR) is 98.1 cm³/mol. The molecule has 4 nitrogen and oxygen atoms in total. The zero-order chi connectivity index (χ0) is 18.6. The van der Waals surface area contributed by atoms with Crippen LogP contribution in [0.3, 0.4) is 0 Å². The zero-order valence-electron chi connectivity index (χ0n) is 14.4. The summed E-state index contributed by atoms with van der Waals surface area (Å²) >= 11 is 3.35. The van der Waals surface area contributed by atoms with Crippen LogP contribution < -0.4 is 4.74 Å². The Hall–Kier alpha value is -1.92. The maximum atomic E-state index is 14.0. The number of hydrogen-bond acceptors (Lipinski definition) is 3. The van der Waals surface area contributed by atoms with E-state index in [2.05, 4.69) is 15.9 Å². The van der Waals surface area contributed by atoms with Crippen LogP contribution in [0.15, 0.2) is 46.9 Å². The van der Waals surface area contributed by atoms with Crippen LogP contribution in [0.5, 0.6) is 5.75 Å². The molecule has 0 unspecified atom stereocenters. The number of amides is 1. The van der Waals surface area contributed by atoms with Crippen LogP contribution >= 0.6 is 15.9 Å². The standard InChI is InChI=1S/C19H21BrFNO3/c1-19(2,24)12-22(11-14-6-4-5-7-16(14)21)18(23)13-8-9-15(20)17(10-13)25-3/h4-10,24H,11-12H2,1-3H3. The summed E-state index contributed by atoms with van der Waals surface area (Å²) in [6.45, 7) is 3.35. The fraction of sp³-hybridized carbons (Fsp3) is 0.316. The molecule has 0 atom stereocenters. The molecule has 0 fully saturated rings. The summed E-state index contributed by atoms with van der Waals surface area (Å²) in [5.74, 6) is -0.166. The molecule has 134 valence electrons. The lowest BCUT2D eigenvalue weighted by Gasteiger charge is -2.29. The van der Waals surface area contributed by atoms with Crippen molar-refractivity contribution >= 4 is 21.8 Å². The molecule has 0 heterocycles. The third-order valence-electron chi connectivity index (χ3n) is 3.58. The molecule has 2 aromatic carbocycles. The first-order valence-electron chi connectivity index (χ1n) is 7.80. The average Bonchev–Trinajstić information content (AvgIpc) is 2.55. The zero-order valence-corrected chi connectivity index (χ0v) is 16.0. The molecule has 2 aromatic rings. The van der Waals surface area contributed by atoms with Crippen molar-refractivity contribution in [1.29, 1.82) is 0 Å². The van der Waals surface area contributed by atoms with Gasteiger partial charge in [-0.2, -0.15) is 0 Å². The molecule has 6 heteroatoms. The molecule has 0 saturated carbocycles. The Bertz CT molecular complexity index is 759. The predicted octanol–water partition coefficient (Wildman–Crippen LogP) is 4.01. The van der Waals surface area contributed by atoms with E-state index in [1.54, 1.807) is 50.2 Å². The first-order chi connectivity index (χ1) is 11.7. The van der Waals surface area contributed by atoms with E-state index in [1.165, 1.54) is 18.1 Å². The van der Waals surface area contributed by atoms with Gasteiger partial charge in [-0.15, -0.1) is 0 Å². The van der Waals surface area contributed by atoms with E-state index >= 15 is 0 Å². The number of aliphatic hydroxyl groups is 1. The number of ether oxygens (including phenoxy) is 1. The van der Waals surface area contributed by atoms with E-state index in [1.807, 2.05) is 0 Å². The minimum atomic E-state index is -1.11. The first-order valence-corrected chi connectivity index (χ1v) is 8.59. The fourth-order valence-corrected chi connectivity index (χ4v) is 2.88. The summed E-state index contributed by atoms with van der Waals surface area (Å²) in [5, 5.41) is 10.2. The Morgan fingerprint density at radius 2 is 1.96 bits per heavy atom. The number of rotatable bonds is 6. The maximum absolute atomic E-state index is 14.0. The highest BCUT2D eigenvalue weighted by molar-refractivity contribution is 9.10. The smallest absolute Gasteiger partial charge is 0.254 e. The first kappa shape index (κ1) is 19.4. The molecule has 2 rings (SSSR count). The van der Waals surface area contributed by atoms with Crippen LogP contribution in [0.25, 0.3) is 0 Å². The molecule has 1 N–H and O–H groups in total. The Labute approximate surface area is 155 Å². The van der Waals surface area contributed by atoms with Gasteiger partial charge in [0.2, 0.25) is 0 Å². The van der Waals surface area contributed by atoms with Crippen molar-refractivity contribution in [3.05, 3.63) is 63.9 Å². The highest BCUT2D eigenvalue weighted by Gasteiger charge is 2.25. The van der Waals surface area contributed by atoms with E-state index in [0.29, 0.717) is 16.9 Å².